The minimum atomic E-state index is -0.282. The second-order valence-corrected chi connectivity index (χ2v) is 4.94. The summed E-state index contributed by atoms with van der Waals surface area (Å²) in [5.74, 6) is 0. The molecule has 0 saturated heterocycles. The van der Waals surface area contributed by atoms with Gasteiger partial charge in [0.25, 0.3) is 5.56 Å². The number of aromatic nitrogens is 2. The molecule has 2 aromatic heterocycles. The molecule has 0 aliphatic heterocycles. The first-order valence-electron chi connectivity index (χ1n) is 4.34. The highest BCUT2D eigenvalue weighted by atomic mass is 79.9. The Hall–Kier alpha value is -1.45. The summed E-state index contributed by atoms with van der Waals surface area (Å²) in [5, 5.41) is 15.0. The van der Waals surface area contributed by atoms with Crippen LogP contribution in [0.3, 0.4) is 0 Å². The Balaban J connectivity index is 2.70. The van der Waals surface area contributed by atoms with Crippen LogP contribution in [0.5, 0.6) is 0 Å². The lowest BCUT2D eigenvalue weighted by atomic mass is 10.2. The lowest BCUT2D eigenvalue weighted by Crippen LogP contribution is -2.19. The molecule has 0 N–H and O–H groups in total. The Morgan fingerprint density at radius 2 is 2.31 bits per heavy atom. The van der Waals surface area contributed by atoms with Gasteiger partial charge in [0.05, 0.1) is 10.4 Å². The smallest absolute Gasteiger partial charge is 0.267 e. The van der Waals surface area contributed by atoms with E-state index in [1.54, 1.807) is 7.05 Å². The fourth-order valence-electron chi connectivity index (χ4n) is 1.24. The van der Waals surface area contributed by atoms with E-state index in [1.807, 2.05) is 17.5 Å². The second-order valence-electron chi connectivity index (χ2n) is 3.11. The summed E-state index contributed by atoms with van der Waals surface area (Å²) in [5.41, 5.74) is 0.564. The first-order chi connectivity index (χ1) is 7.61. The lowest BCUT2D eigenvalue weighted by molar-refractivity contribution is 0.711. The first-order valence-corrected chi connectivity index (χ1v) is 6.02. The van der Waals surface area contributed by atoms with Crippen molar-refractivity contribution in [3.8, 4) is 16.6 Å². The van der Waals surface area contributed by atoms with E-state index < -0.39 is 0 Å². The largest absolute Gasteiger partial charge is 0.268 e. The average Bonchev–Trinajstić information content (AvgIpc) is 2.68. The molecule has 6 heteroatoms. The molecule has 0 spiro atoms. The summed E-state index contributed by atoms with van der Waals surface area (Å²) in [6.07, 6.45) is 0. The third-order valence-electron chi connectivity index (χ3n) is 2.01. The van der Waals surface area contributed by atoms with Crippen LogP contribution >= 0.6 is 27.3 Å². The van der Waals surface area contributed by atoms with Crippen molar-refractivity contribution in [1.29, 1.82) is 5.26 Å². The summed E-state index contributed by atoms with van der Waals surface area (Å²) in [6, 6.07) is 5.16. The average molecular weight is 296 g/mol. The van der Waals surface area contributed by atoms with E-state index in [0.717, 1.165) is 9.35 Å². The highest BCUT2D eigenvalue weighted by molar-refractivity contribution is 9.10. The normalized spacial score (nSPS) is 10.1. The predicted molar refractivity (Wildman–Crippen MR) is 65.2 cm³/mol. The fourth-order valence-corrected chi connectivity index (χ4v) is 2.67. The zero-order chi connectivity index (χ0) is 11.7. The summed E-state index contributed by atoms with van der Waals surface area (Å²) >= 11 is 4.81. The molecule has 2 heterocycles. The van der Waals surface area contributed by atoms with Crippen LogP contribution in [0.1, 0.15) is 5.56 Å². The SMILES string of the molecule is Cn1nc(-c2cc(Br)cs2)c(C#N)cc1=O. The molecule has 0 unspecified atom stereocenters. The molecular weight excluding hydrogens is 290 g/mol. The Labute approximate surface area is 104 Å². The monoisotopic (exact) mass is 295 g/mol. The number of halogens is 1. The first kappa shape index (κ1) is 11.0. The summed E-state index contributed by atoms with van der Waals surface area (Å²) in [6.45, 7) is 0. The van der Waals surface area contributed by atoms with Gasteiger partial charge in [0, 0.05) is 23.0 Å². The molecule has 2 rings (SSSR count). The topological polar surface area (TPSA) is 58.7 Å². The van der Waals surface area contributed by atoms with E-state index in [4.69, 9.17) is 5.26 Å². The number of nitrogens with zero attached hydrogens (tertiary/aromatic N) is 3. The van der Waals surface area contributed by atoms with Crippen LogP contribution in [0.25, 0.3) is 10.6 Å². The van der Waals surface area contributed by atoms with Crippen LogP contribution in [0.2, 0.25) is 0 Å². The fraction of sp³-hybridized carbons (Fsp3) is 0.100. The second kappa shape index (κ2) is 4.20. The van der Waals surface area contributed by atoms with Gasteiger partial charge in [0.15, 0.2) is 0 Å². The molecule has 0 atom stereocenters. The van der Waals surface area contributed by atoms with Crippen LogP contribution in [-0.2, 0) is 7.05 Å². The highest BCUT2D eigenvalue weighted by Crippen LogP contribution is 2.29. The third kappa shape index (κ3) is 1.92. The molecule has 16 heavy (non-hydrogen) atoms. The quantitative estimate of drug-likeness (QED) is 0.810. The van der Waals surface area contributed by atoms with Crippen molar-refractivity contribution in [1.82, 2.24) is 9.78 Å². The summed E-state index contributed by atoms with van der Waals surface area (Å²) in [7, 11) is 1.57. The lowest BCUT2D eigenvalue weighted by Gasteiger charge is -2.01. The predicted octanol–water partition coefficient (Wildman–Crippen LogP) is 2.14. The van der Waals surface area contributed by atoms with Crippen molar-refractivity contribution in [3.05, 3.63) is 37.9 Å². The van der Waals surface area contributed by atoms with Gasteiger partial charge in [-0.25, -0.2) is 4.68 Å². The molecule has 0 bridgehead atoms. The number of hydrogen-bond acceptors (Lipinski definition) is 4. The van der Waals surface area contributed by atoms with Crippen molar-refractivity contribution >= 4 is 27.3 Å². The maximum absolute atomic E-state index is 11.3. The third-order valence-corrected chi connectivity index (χ3v) is 3.71. The van der Waals surface area contributed by atoms with Gasteiger partial charge in [-0.2, -0.15) is 10.4 Å². The molecule has 2 aromatic rings. The Bertz CT molecular complexity index is 638. The van der Waals surface area contributed by atoms with Gasteiger partial charge in [-0.15, -0.1) is 11.3 Å². The number of rotatable bonds is 1. The van der Waals surface area contributed by atoms with E-state index in [0.29, 0.717) is 11.3 Å². The molecular formula is C10H6BrN3OS. The van der Waals surface area contributed by atoms with Crippen LogP contribution in [0.4, 0.5) is 0 Å². The van der Waals surface area contributed by atoms with E-state index in [1.165, 1.54) is 22.1 Å². The molecule has 0 aliphatic rings. The standard InChI is InChI=1S/C10H6BrN3OS/c1-14-9(15)2-6(4-12)10(13-14)8-3-7(11)5-16-8/h2-3,5H,1H3. The summed E-state index contributed by atoms with van der Waals surface area (Å²) < 4.78 is 2.16. The van der Waals surface area contributed by atoms with Crippen molar-refractivity contribution in [2.45, 2.75) is 0 Å². The maximum Gasteiger partial charge on any atom is 0.267 e. The van der Waals surface area contributed by atoms with Crippen LogP contribution < -0.4 is 5.56 Å². The minimum absolute atomic E-state index is 0.282. The van der Waals surface area contributed by atoms with Crippen LogP contribution in [-0.4, -0.2) is 9.78 Å². The minimum Gasteiger partial charge on any atom is -0.268 e. The number of aryl methyl sites for hydroxylation is 1. The van der Waals surface area contributed by atoms with Gasteiger partial charge in [-0.1, -0.05) is 0 Å². The van der Waals surface area contributed by atoms with Gasteiger partial charge < -0.3 is 0 Å². The van der Waals surface area contributed by atoms with Gasteiger partial charge in [0.1, 0.15) is 11.8 Å². The molecule has 0 aromatic carbocycles. The van der Waals surface area contributed by atoms with Crippen molar-refractivity contribution in [2.75, 3.05) is 0 Å². The molecule has 0 aliphatic carbocycles. The summed E-state index contributed by atoms with van der Waals surface area (Å²) in [4.78, 5) is 12.2. The zero-order valence-electron chi connectivity index (χ0n) is 8.27. The molecule has 0 saturated carbocycles. The van der Waals surface area contributed by atoms with E-state index in [2.05, 4.69) is 21.0 Å². The highest BCUT2D eigenvalue weighted by Gasteiger charge is 2.11. The number of hydrogen-bond donors (Lipinski definition) is 0. The van der Waals surface area contributed by atoms with Crippen molar-refractivity contribution < 1.29 is 0 Å². The van der Waals surface area contributed by atoms with E-state index in [-0.39, 0.29) is 5.56 Å². The Kier molecular flexibility index (Phi) is 2.90. The Morgan fingerprint density at radius 3 is 2.88 bits per heavy atom. The van der Waals surface area contributed by atoms with Gasteiger partial charge in [-0.05, 0) is 22.0 Å². The van der Waals surface area contributed by atoms with Crippen LogP contribution in [0.15, 0.2) is 26.8 Å². The van der Waals surface area contributed by atoms with Gasteiger partial charge >= 0.3 is 0 Å². The molecule has 0 radical (unpaired) electrons. The number of nitriles is 1. The maximum atomic E-state index is 11.3. The van der Waals surface area contributed by atoms with Gasteiger partial charge in [0.2, 0.25) is 0 Å². The van der Waals surface area contributed by atoms with E-state index in [9.17, 15) is 4.79 Å². The zero-order valence-corrected chi connectivity index (χ0v) is 10.7. The Morgan fingerprint density at radius 1 is 1.56 bits per heavy atom. The van der Waals surface area contributed by atoms with Crippen molar-refractivity contribution in [2.24, 2.45) is 7.05 Å². The van der Waals surface area contributed by atoms with Crippen LogP contribution in [0, 0.1) is 11.3 Å². The van der Waals surface area contributed by atoms with Crippen molar-refractivity contribution in [3.63, 3.8) is 0 Å². The number of thiophene rings is 1. The van der Waals surface area contributed by atoms with Gasteiger partial charge in [-0.3, -0.25) is 4.79 Å². The molecule has 0 fully saturated rings. The molecule has 0 amide bonds. The molecule has 4 nitrogen and oxygen atoms in total. The molecule has 80 valence electrons. The van der Waals surface area contributed by atoms with E-state index >= 15 is 0 Å².